The van der Waals surface area contributed by atoms with Gasteiger partial charge >= 0.3 is 0 Å². The van der Waals surface area contributed by atoms with E-state index in [0.717, 1.165) is 28.1 Å². The molecule has 3 aromatic rings. The van der Waals surface area contributed by atoms with E-state index in [0.29, 0.717) is 24.5 Å². The zero-order valence-corrected chi connectivity index (χ0v) is 16.5. The number of hydrogen-bond donors (Lipinski definition) is 1. The molecule has 0 radical (unpaired) electrons. The van der Waals surface area contributed by atoms with Crippen molar-refractivity contribution in [2.75, 3.05) is 18.5 Å². The van der Waals surface area contributed by atoms with Crippen molar-refractivity contribution >= 4 is 11.6 Å². The number of benzene rings is 3. The van der Waals surface area contributed by atoms with Crippen LogP contribution in [0.3, 0.4) is 0 Å². The van der Waals surface area contributed by atoms with E-state index in [1.54, 1.807) is 24.3 Å². The third-order valence-corrected chi connectivity index (χ3v) is 4.58. The molecule has 0 aliphatic rings. The number of hydrogen-bond acceptors (Lipinski definition) is 3. The van der Waals surface area contributed by atoms with Crippen molar-refractivity contribution < 1.29 is 14.3 Å². The SMILES string of the molecule is Cc1cccc(OCCOc2ccc(C(=O)Nc3cccc(C)c3C)cc2)c1. The molecule has 4 heteroatoms. The van der Waals surface area contributed by atoms with Crippen LogP contribution in [-0.2, 0) is 0 Å². The number of carbonyl (C=O) groups is 1. The van der Waals surface area contributed by atoms with E-state index in [1.807, 2.05) is 63.2 Å². The average Bonchev–Trinajstić information content (AvgIpc) is 2.69. The first kappa shape index (κ1) is 19.5. The van der Waals surface area contributed by atoms with Crippen LogP contribution in [0.1, 0.15) is 27.0 Å². The molecule has 0 aliphatic heterocycles. The van der Waals surface area contributed by atoms with Crippen molar-refractivity contribution in [1.82, 2.24) is 0 Å². The van der Waals surface area contributed by atoms with Crippen LogP contribution in [0.4, 0.5) is 5.69 Å². The Labute approximate surface area is 166 Å². The highest BCUT2D eigenvalue weighted by atomic mass is 16.5. The molecule has 3 rings (SSSR count). The molecule has 1 N–H and O–H groups in total. The van der Waals surface area contributed by atoms with Crippen molar-refractivity contribution in [1.29, 1.82) is 0 Å². The Kier molecular flexibility index (Phi) is 6.33. The third kappa shape index (κ3) is 5.13. The molecular formula is C24H25NO3. The first-order chi connectivity index (χ1) is 13.5. The second kappa shape index (κ2) is 9.09. The molecule has 0 unspecified atom stereocenters. The van der Waals surface area contributed by atoms with Gasteiger partial charge in [0, 0.05) is 11.3 Å². The molecule has 0 aliphatic carbocycles. The standard InChI is InChI=1S/C24H25NO3/c1-17-6-4-8-22(16-17)28-15-14-27-21-12-10-20(11-13-21)24(26)25-23-9-5-7-18(2)19(23)3/h4-13,16H,14-15H2,1-3H3,(H,25,26). The smallest absolute Gasteiger partial charge is 0.255 e. The molecule has 3 aromatic carbocycles. The fourth-order valence-electron chi connectivity index (χ4n) is 2.81. The quantitative estimate of drug-likeness (QED) is 0.568. The number of anilines is 1. The average molecular weight is 375 g/mol. The van der Waals surface area contributed by atoms with Crippen molar-refractivity contribution in [2.45, 2.75) is 20.8 Å². The molecule has 0 spiro atoms. The minimum absolute atomic E-state index is 0.136. The molecule has 0 aromatic heterocycles. The lowest BCUT2D eigenvalue weighted by molar-refractivity contribution is 0.102. The highest BCUT2D eigenvalue weighted by molar-refractivity contribution is 6.04. The van der Waals surface area contributed by atoms with Gasteiger partial charge < -0.3 is 14.8 Å². The minimum Gasteiger partial charge on any atom is -0.490 e. The van der Waals surface area contributed by atoms with Gasteiger partial charge in [0.15, 0.2) is 0 Å². The summed E-state index contributed by atoms with van der Waals surface area (Å²) in [5, 5.41) is 2.96. The van der Waals surface area contributed by atoms with E-state index < -0.39 is 0 Å². The summed E-state index contributed by atoms with van der Waals surface area (Å²) in [7, 11) is 0. The van der Waals surface area contributed by atoms with Gasteiger partial charge in [0.05, 0.1) is 0 Å². The normalized spacial score (nSPS) is 10.4. The fourth-order valence-corrected chi connectivity index (χ4v) is 2.81. The molecule has 0 atom stereocenters. The number of nitrogens with one attached hydrogen (secondary N) is 1. The van der Waals surface area contributed by atoms with Crippen LogP contribution in [-0.4, -0.2) is 19.1 Å². The second-order valence-electron chi connectivity index (χ2n) is 6.74. The molecule has 1 amide bonds. The van der Waals surface area contributed by atoms with Crippen LogP contribution in [0.2, 0.25) is 0 Å². The van der Waals surface area contributed by atoms with Crippen molar-refractivity contribution in [3.05, 3.63) is 89.0 Å². The number of rotatable bonds is 7. The molecule has 0 fully saturated rings. The van der Waals surface area contributed by atoms with Gasteiger partial charge in [0.2, 0.25) is 0 Å². The number of aryl methyl sites for hydroxylation is 2. The summed E-state index contributed by atoms with van der Waals surface area (Å²) < 4.78 is 11.4. The fraction of sp³-hybridized carbons (Fsp3) is 0.208. The predicted molar refractivity (Wildman–Crippen MR) is 112 cm³/mol. The number of amides is 1. The Morgan fingerprint density at radius 3 is 2.21 bits per heavy atom. The first-order valence-corrected chi connectivity index (χ1v) is 9.33. The lowest BCUT2D eigenvalue weighted by atomic mass is 10.1. The molecule has 0 heterocycles. The summed E-state index contributed by atoms with van der Waals surface area (Å²) in [6.45, 7) is 6.95. The summed E-state index contributed by atoms with van der Waals surface area (Å²) in [5.41, 5.74) is 4.80. The molecule has 0 bridgehead atoms. The van der Waals surface area contributed by atoms with Crippen LogP contribution in [0.15, 0.2) is 66.7 Å². The maximum Gasteiger partial charge on any atom is 0.255 e. The predicted octanol–water partition coefficient (Wildman–Crippen LogP) is 5.32. The van der Waals surface area contributed by atoms with Gasteiger partial charge in [-0.05, 0) is 79.9 Å². The van der Waals surface area contributed by atoms with Crippen LogP contribution in [0.5, 0.6) is 11.5 Å². The Balaban J connectivity index is 1.50. The summed E-state index contributed by atoms with van der Waals surface area (Å²) in [6.07, 6.45) is 0. The Morgan fingerprint density at radius 2 is 1.50 bits per heavy atom. The highest BCUT2D eigenvalue weighted by Gasteiger charge is 2.09. The van der Waals surface area contributed by atoms with Gasteiger partial charge in [0.1, 0.15) is 24.7 Å². The lowest BCUT2D eigenvalue weighted by Gasteiger charge is -2.11. The Hall–Kier alpha value is -3.27. The summed E-state index contributed by atoms with van der Waals surface area (Å²) in [4.78, 5) is 12.5. The molecule has 144 valence electrons. The van der Waals surface area contributed by atoms with Gasteiger partial charge in [-0.3, -0.25) is 4.79 Å². The van der Waals surface area contributed by atoms with Crippen molar-refractivity contribution in [3.8, 4) is 11.5 Å². The molecule has 28 heavy (non-hydrogen) atoms. The van der Waals surface area contributed by atoms with Gasteiger partial charge in [0.25, 0.3) is 5.91 Å². The molecule has 0 saturated carbocycles. The maximum absolute atomic E-state index is 12.5. The van der Waals surface area contributed by atoms with Gasteiger partial charge in [-0.15, -0.1) is 0 Å². The van der Waals surface area contributed by atoms with Gasteiger partial charge in [-0.1, -0.05) is 24.3 Å². The van der Waals surface area contributed by atoms with Crippen LogP contribution in [0, 0.1) is 20.8 Å². The Bertz CT molecular complexity index is 948. The lowest BCUT2D eigenvalue weighted by Crippen LogP contribution is -2.13. The topological polar surface area (TPSA) is 47.6 Å². The zero-order valence-electron chi connectivity index (χ0n) is 16.5. The molecule has 4 nitrogen and oxygen atoms in total. The molecular weight excluding hydrogens is 350 g/mol. The largest absolute Gasteiger partial charge is 0.490 e. The van der Waals surface area contributed by atoms with Gasteiger partial charge in [-0.2, -0.15) is 0 Å². The first-order valence-electron chi connectivity index (χ1n) is 9.33. The van der Waals surface area contributed by atoms with E-state index in [9.17, 15) is 4.79 Å². The van der Waals surface area contributed by atoms with E-state index >= 15 is 0 Å². The Morgan fingerprint density at radius 1 is 0.821 bits per heavy atom. The van der Waals surface area contributed by atoms with Crippen molar-refractivity contribution in [2.24, 2.45) is 0 Å². The maximum atomic E-state index is 12.5. The van der Waals surface area contributed by atoms with Gasteiger partial charge in [-0.25, -0.2) is 0 Å². The van der Waals surface area contributed by atoms with E-state index in [4.69, 9.17) is 9.47 Å². The number of carbonyl (C=O) groups excluding carboxylic acids is 1. The summed E-state index contributed by atoms with van der Waals surface area (Å²) in [5.74, 6) is 1.40. The summed E-state index contributed by atoms with van der Waals surface area (Å²) in [6, 6.07) is 20.9. The monoisotopic (exact) mass is 375 g/mol. The van der Waals surface area contributed by atoms with E-state index in [-0.39, 0.29) is 5.91 Å². The van der Waals surface area contributed by atoms with E-state index in [2.05, 4.69) is 5.32 Å². The van der Waals surface area contributed by atoms with Crippen LogP contribution < -0.4 is 14.8 Å². The van der Waals surface area contributed by atoms with E-state index in [1.165, 1.54) is 0 Å². The summed E-state index contributed by atoms with van der Waals surface area (Å²) >= 11 is 0. The highest BCUT2D eigenvalue weighted by Crippen LogP contribution is 2.20. The third-order valence-electron chi connectivity index (χ3n) is 4.58. The second-order valence-corrected chi connectivity index (χ2v) is 6.74. The van der Waals surface area contributed by atoms with Crippen molar-refractivity contribution in [3.63, 3.8) is 0 Å². The minimum atomic E-state index is -0.136. The van der Waals surface area contributed by atoms with Crippen LogP contribution in [0.25, 0.3) is 0 Å². The molecule has 0 saturated heterocycles. The van der Waals surface area contributed by atoms with Crippen LogP contribution >= 0.6 is 0 Å². The number of ether oxygens (including phenoxy) is 2. The zero-order chi connectivity index (χ0) is 19.9.